The van der Waals surface area contributed by atoms with Crippen LogP contribution >= 0.6 is 11.8 Å². The van der Waals surface area contributed by atoms with Crippen LogP contribution in [0.2, 0.25) is 0 Å². The minimum atomic E-state index is -0.858. The van der Waals surface area contributed by atoms with E-state index < -0.39 is 5.97 Å². The van der Waals surface area contributed by atoms with Gasteiger partial charge in [-0.05, 0) is 24.6 Å². The summed E-state index contributed by atoms with van der Waals surface area (Å²) in [7, 11) is 0. The van der Waals surface area contributed by atoms with E-state index in [9.17, 15) is 9.59 Å². The van der Waals surface area contributed by atoms with Gasteiger partial charge in [0.1, 0.15) is 6.61 Å². The van der Waals surface area contributed by atoms with Crippen LogP contribution in [0, 0.1) is 0 Å². The van der Waals surface area contributed by atoms with Gasteiger partial charge in [-0.25, -0.2) is 0 Å². The first kappa shape index (κ1) is 16.5. The average Bonchev–Trinajstić information content (AvgIpc) is 2.42. The zero-order chi connectivity index (χ0) is 14.8. The zero-order valence-electron chi connectivity index (χ0n) is 11.3. The lowest BCUT2D eigenvalue weighted by atomic mass is 10.2. The fourth-order valence-corrected chi connectivity index (χ4v) is 2.12. The molecule has 0 radical (unpaired) electrons. The van der Waals surface area contributed by atoms with Crippen LogP contribution in [0.4, 0.5) is 0 Å². The highest BCUT2D eigenvalue weighted by Gasteiger charge is 2.05. The molecule has 0 saturated heterocycles. The minimum absolute atomic E-state index is 0.00438. The summed E-state index contributed by atoms with van der Waals surface area (Å²) >= 11 is 1.36. The Hall–Kier alpha value is -1.53. The number of carboxylic acids is 1. The quantitative estimate of drug-likeness (QED) is 0.427. The second-order valence-electron chi connectivity index (χ2n) is 3.92. The van der Waals surface area contributed by atoms with Gasteiger partial charge in [-0.2, -0.15) is 0 Å². The van der Waals surface area contributed by atoms with E-state index in [1.807, 2.05) is 6.92 Å². The van der Waals surface area contributed by atoms with Crippen molar-refractivity contribution in [2.24, 2.45) is 0 Å². The van der Waals surface area contributed by atoms with E-state index in [4.69, 9.17) is 14.6 Å². The van der Waals surface area contributed by atoms with Gasteiger partial charge in [-0.3, -0.25) is 9.59 Å². The van der Waals surface area contributed by atoms with Gasteiger partial charge < -0.3 is 14.6 Å². The number of carboxylic acid groups (broad SMARTS) is 1. The Bertz CT molecular complexity index is 430. The third-order valence-electron chi connectivity index (χ3n) is 2.33. The fourth-order valence-electron chi connectivity index (χ4n) is 1.42. The summed E-state index contributed by atoms with van der Waals surface area (Å²) in [5.41, 5.74) is 0.737. The van der Waals surface area contributed by atoms with Crippen LogP contribution in [0.5, 0.6) is 0 Å². The van der Waals surface area contributed by atoms with Crippen LogP contribution in [0.3, 0.4) is 0 Å². The van der Waals surface area contributed by atoms with Gasteiger partial charge in [0.25, 0.3) is 0 Å². The molecular weight excluding hydrogens is 280 g/mol. The van der Waals surface area contributed by atoms with E-state index >= 15 is 0 Å². The van der Waals surface area contributed by atoms with Gasteiger partial charge in [-0.1, -0.05) is 12.1 Å². The van der Waals surface area contributed by atoms with Crippen molar-refractivity contribution in [1.29, 1.82) is 0 Å². The number of rotatable bonds is 9. The Balaban J connectivity index is 2.27. The molecule has 0 aromatic heterocycles. The normalized spacial score (nSPS) is 10.2. The van der Waals surface area contributed by atoms with Crippen LogP contribution in [0.1, 0.15) is 12.5 Å². The molecule has 6 heteroatoms. The molecule has 0 unspecified atom stereocenters. The highest BCUT2D eigenvalue weighted by Crippen LogP contribution is 2.18. The van der Waals surface area contributed by atoms with Crippen molar-refractivity contribution in [3.05, 3.63) is 29.8 Å². The molecule has 110 valence electrons. The van der Waals surface area contributed by atoms with Crippen molar-refractivity contribution in [2.45, 2.75) is 18.2 Å². The van der Waals surface area contributed by atoms with Crippen LogP contribution in [-0.4, -0.2) is 42.6 Å². The van der Waals surface area contributed by atoms with Gasteiger partial charge in [0.15, 0.2) is 0 Å². The summed E-state index contributed by atoms with van der Waals surface area (Å²) in [5, 5.41) is 8.66. The van der Waals surface area contributed by atoms with Crippen LogP contribution in [-0.2, 0) is 25.5 Å². The van der Waals surface area contributed by atoms with Gasteiger partial charge in [0, 0.05) is 11.5 Å². The average molecular weight is 298 g/mol. The summed E-state index contributed by atoms with van der Waals surface area (Å²) in [6, 6.07) is 7.10. The molecule has 0 atom stereocenters. The molecule has 1 aromatic rings. The molecule has 0 spiro atoms. The molecule has 1 rings (SSSR count). The molecule has 20 heavy (non-hydrogen) atoms. The maximum atomic E-state index is 11.4. The lowest BCUT2D eigenvalue weighted by Gasteiger charge is -2.05. The molecule has 0 bridgehead atoms. The van der Waals surface area contributed by atoms with Gasteiger partial charge in [0.05, 0.1) is 18.8 Å². The summed E-state index contributed by atoms with van der Waals surface area (Å²) in [6.07, 6.45) is 0.00438. The Morgan fingerprint density at radius 2 is 1.90 bits per heavy atom. The predicted molar refractivity (Wildman–Crippen MR) is 76.0 cm³/mol. The number of aliphatic carboxylic acids is 1. The highest BCUT2D eigenvalue weighted by atomic mass is 32.2. The number of hydrogen-bond donors (Lipinski definition) is 1. The Kier molecular flexibility index (Phi) is 7.75. The van der Waals surface area contributed by atoms with Crippen molar-refractivity contribution in [3.63, 3.8) is 0 Å². The summed E-state index contributed by atoms with van der Waals surface area (Å²) < 4.78 is 10.0. The van der Waals surface area contributed by atoms with Crippen LogP contribution < -0.4 is 0 Å². The summed E-state index contributed by atoms with van der Waals surface area (Å²) in [5.74, 6) is -0.919. The monoisotopic (exact) mass is 298 g/mol. The first-order valence-corrected chi connectivity index (χ1v) is 7.27. The number of carbonyl (C=O) groups excluding carboxylic acids is 1. The lowest BCUT2D eigenvalue weighted by molar-refractivity contribution is -0.142. The van der Waals surface area contributed by atoms with E-state index in [0.717, 1.165) is 10.5 Å². The third-order valence-corrected chi connectivity index (χ3v) is 3.32. The lowest BCUT2D eigenvalue weighted by Crippen LogP contribution is -2.12. The molecule has 0 fully saturated rings. The third kappa shape index (κ3) is 7.16. The van der Waals surface area contributed by atoms with Gasteiger partial charge >= 0.3 is 11.9 Å². The highest BCUT2D eigenvalue weighted by molar-refractivity contribution is 8.00. The van der Waals surface area contributed by atoms with E-state index in [2.05, 4.69) is 0 Å². The Labute approximate surface area is 122 Å². The van der Waals surface area contributed by atoms with Crippen LogP contribution in [0.25, 0.3) is 0 Å². The topological polar surface area (TPSA) is 72.8 Å². The first-order valence-electron chi connectivity index (χ1n) is 6.28. The van der Waals surface area contributed by atoms with E-state index in [-0.39, 0.29) is 24.7 Å². The predicted octanol–water partition coefficient (Wildman–Crippen LogP) is 1.99. The molecule has 5 nitrogen and oxygen atoms in total. The van der Waals surface area contributed by atoms with Crippen molar-refractivity contribution in [1.82, 2.24) is 0 Å². The maximum absolute atomic E-state index is 11.4. The van der Waals surface area contributed by atoms with Crippen molar-refractivity contribution >= 4 is 23.7 Å². The van der Waals surface area contributed by atoms with Crippen LogP contribution in [0.15, 0.2) is 29.2 Å². The second kappa shape index (κ2) is 9.39. The standard InChI is InChI=1S/C14H18O5S/c1-2-18-7-8-19-14(17)10-20-12-5-3-11(4-6-12)9-13(15)16/h3-6H,2,7-10H2,1H3,(H,15,16). The van der Waals surface area contributed by atoms with Gasteiger partial charge in [0.2, 0.25) is 0 Å². The maximum Gasteiger partial charge on any atom is 0.316 e. The zero-order valence-corrected chi connectivity index (χ0v) is 12.1. The molecule has 0 aliphatic heterocycles. The summed E-state index contributed by atoms with van der Waals surface area (Å²) in [4.78, 5) is 22.9. The fraction of sp³-hybridized carbons (Fsp3) is 0.429. The number of carbonyl (C=O) groups is 2. The minimum Gasteiger partial charge on any atom is -0.481 e. The molecule has 0 amide bonds. The largest absolute Gasteiger partial charge is 0.481 e. The first-order chi connectivity index (χ1) is 9.61. The SMILES string of the molecule is CCOCCOC(=O)CSc1ccc(CC(=O)O)cc1. The molecular formula is C14H18O5S. The number of esters is 1. The van der Waals surface area contributed by atoms with E-state index in [1.165, 1.54) is 11.8 Å². The number of ether oxygens (including phenoxy) is 2. The summed E-state index contributed by atoms with van der Waals surface area (Å²) in [6.45, 7) is 3.17. The Morgan fingerprint density at radius 3 is 2.50 bits per heavy atom. The van der Waals surface area contributed by atoms with Crippen molar-refractivity contribution in [2.75, 3.05) is 25.6 Å². The van der Waals surface area contributed by atoms with Crippen molar-refractivity contribution < 1.29 is 24.2 Å². The number of hydrogen-bond acceptors (Lipinski definition) is 5. The smallest absolute Gasteiger partial charge is 0.316 e. The second-order valence-corrected chi connectivity index (χ2v) is 4.97. The Morgan fingerprint density at radius 1 is 1.20 bits per heavy atom. The molecule has 0 aliphatic rings. The van der Waals surface area contributed by atoms with Gasteiger partial charge in [-0.15, -0.1) is 11.8 Å². The molecule has 0 saturated carbocycles. The molecule has 1 aromatic carbocycles. The number of benzene rings is 1. The molecule has 0 aliphatic carbocycles. The van der Waals surface area contributed by atoms with E-state index in [1.54, 1.807) is 24.3 Å². The molecule has 0 heterocycles. The number of thioether (sulfide) groups is 1. The van der Waals surface area contributed by atoms with Crippen molar-refractivity contribution in [3.8, 4) is 0 Å². The van der Waals surface area contributed by atoms with E-state index in [0.29, 0.717) is 13.2 Å². The molecule has 1 N–H and O–H groups in total.